The maximum Gasteiger partial charge on any atom is 0.191 e. The second kappa shape index (κ2) is 10.2. The first-order valence-corrected chi connectivity index (χ1v) is 10.6. The average molecular weight is 439 g/mol. The fraction of sp³-hybridized carbons (Fsp3) is 0.500. The molecule has 7 nitrogen and oxygen atoms in total. The lowest BCUT2D eigenvalue weighted by Crippen LogP contribution is -2.41. The van der Waals surface area contributed by atoms with Crippen molar-refractivity contribution in [2.75, 3.05) is 31.1 Å². The van der Waals surface area contributed by atoms with Crippen LogP contribution in [0.2, 0.25) is 10.2 Å². The highest BCUT2D eigenvalue weighted by Crippen LogP contribution is 2.24. The molecule has 3 heterocycles. The lowest BCUT2D eigenvalue weighted by molar-refractivity contribution is 0.0529. The van der Waals surface area contributed by atoms with Crippen molar-refractivity contribution in [3.8, 4) is 0 Å². The highest BCUT2D eigenvalue weighted by Gasteiger charge is 2.17. The van der Waals surface area contributed by atoms with Crippen molar-refractivity contribution >= 4 is 35.0 Å². The van der Waals surface area contributed by atoms with Gasteiger partial charge in [-0.2, -0.15) is 0 Å². The van der Waals surface area contributed by atoms with Gasteiger partial charge >= 0.3 is 0 Å². The number of morpholine rings is 1. The number of anilines is 1. The Morgan fingerprint density at radius 3 is 2.79 bits per heavy atom. The number of aromatic nitrogens is 2. The standard InChI is InChI=1S/C20H28Cl2N6O/c1-4-23-20(26-12-16-9-17(21)19(22)27(16)3)25-11-15-5-6-18(24-10-15)28-7-8-29-14(2)13-28/h5-6,9-10,14H,4,7-8,11-13H2,1-3H3,(H2,23,25,26). The minimum atomic E-state index is 0.234. The predicted molar refractivity (Wildman–Crippen MR) is 119 cm³/mol. The van der Waals surface area contributed by atoms with Crippen LogP contribution in [0.4, 0.5) is 5.82 Å². The van der Waals surface area contributed by atoms with E-state index in [4.69, 9.17) is 27.9 Å². The van der Waals surface area contributed by atoms with Crippen LogP contribution in [0.5, 0.6) is 0 Å². The Morgan fingerprint density at radius 1 is 1.34 bits per heavy atom. The molecule has 29 heavy (non-hydrogen) atoms. The smallest absolute Gasteiger partial charge is 0.191 e. The summed E-state index contributed by atoms with van der Waals surface area (Å²) in [4.78, 5) is 11.5. The van der Waals surface area contributed by atoms with Gasteiger partial charge in [0.15, 0.2) is 5.96 Å². The molecule has 0 spiro atoms. The van der Waals surface area contributed by atoms with Crippen LogP contribution in [0, 0.1) is 0 Å². The van der Waals surface area contributed by atoms with Crippen LogP contribution in [0.15, 0.2) is 29.4 Å². The van der Waals surface area contributed by atoms with Crippen LogP contribution in [-0.4, -0.2) is 47.9 Å². The number of rotatable bonds is 6. The summed E-state index contributed by atoms with van der Waals surface area (Å²) < 4.78 is 7.45. The number of ether oxygens (including phenoxy) is 1. The van der Waals surface area contributed by atoms with Crippen molar-refractivity contribution in [1.82, 2.24) is 20.2 Å². The third-order valence-corrected chi connectivity index (χ3v) is 5.63. The second-order valence-electron chi connectivity index (χ2n) is 7.03. The summed E-state index contributed by atoms with van der Waals surface area (Å²) in [5.41, 5.74) is 2.04. The molecule has 2 aromatic rings. The first-order valence-electron chi connectivity index (χ1n) is 9.81. The van der Waals surface area contributed by atoms with Crippen molar-refractivity contribution in [2.24, 2.45) is 12.0 Å². The SMILES string of the molecule is CCNC(=NCc1ccc(N2CCOC(C)C2)nc1)NCc1cc(Cl)c(Cl)n1C. The van der Waals surface area contributed by atoms with Crippen LogP contribution in [0.3, 0.4) is 0 Å². The van der Waals surface area contributed by atoms with E-state index in [9.17, 15) is 0 Å². The van der Waals surface area contributed by atoms with Gasteiger partial charge in [0.1, 0.15) is 11.0 Å². The first-order chi connectivity index (χ1) is 14.0. The number of hydrogen-bond donors (Lipinski definition) is 2. The summed E-state index contributed by atoms with van der Waals surface area (Å²) in [5, 5.41) is 7.65. The number of aliphatic imine (C=N–C) groups is 1. The van der Waals surface area contributed by atoms with E-state index in [1.54, 1.807) is 0 Å². The van der Waals surface area contributed by atoms with Crippen molar-refractivity contribution < 1.29 is 4.74 Å². The average Bonchev–Trinajstić information content (AvgIpc) is 2.97. The maximum absolute atomic E-state index is 6.13. The minimum absolute atomic E-state index is 0.234. The largest absolute Gasteiger partial charge is 0.375 e. The zero-order valence-corrected chi connectivity index (χ0v) is 18.6. The maximum atomic E-state index is 6.13. The molecule has 0 radical (unpaired) electrons. The Balaban J connectivity index is 1.59. The Morgan fingerprint density at radius 2 is 2.17 bits per heavy atom. The molecule has 0 amide bonds. The number of halogens is 2. The van der Waals surface area contributed by atoms with Crippen LogP contribution in [-0.2, 0) is 24.9 Å². The molecule has 9 heteroatoms. The summed E-state index contributed by atoms with van der Waals surface area (Å²) in [6.07, 6.45) is 2.12. The zero-order valence-electron chi connectivity index (χ0n) is 17.1. The molecule has 2 aromatic heterocycles. The lowest BCUT2D eigenvalue weighted by Gasteiger charge is -2.32. The van der Waals surface area contributed by atoms with Gasteiger partial charge in [-0.05, 0) is 31.5 Å². The van der Waals surface area contributed by atoms with E-state index in [2.05, 4.69) is 44.6 Å². The summed E-state index contributed by atoms with van der Waals surface area (Å²) in [5.74, 6) is 1.71. The van der Waals surface area contributed by atoms with Gasteiger partial charge in [0.25, 0.3) is 0 Å². The van der Waals surface area contributed by atoms with Gasteiger partial charge in [-0.3, -0.25) is 0 Å². The van der Waals surface area contributed by atoms with Crippen molar-refractivity contribution in [3.63, 3.8) is 0 Å². The minimum Gasteiger partial charge on any atom is -0.375 e. The fourth-order valence-electron chi connectivity index (χ4n) is 3.17. The Bertz CT molecular complexity index is 836. The van der Waals surface area contributed by atoms with E-state index in [1.807, 2.05) is 30.8 Å². The monoisotopic (exact) mass is 438 g/mol. The number of guanidine groups is 1. The molecule has 1 aliphatic rings. The Labute approximate surface area is 182 Å². The topological polar surface area (TPSA) is 66.7 Å². The van der Waals surface area contributed by atoms with E-state index in [0.717, 1.165) is 49.3 Å². The molecular weight excluding hydrogens is 411 g/mol. The summed E-state index contributed by atoms with van der Waals surface area (Å²) in [6, 6.07) is 5.99. The molecule has 1 atom stereocenters. The second-order valence-corrected chi connectivity index (χ2v) is 7.80. The zero-order chi connectivity index (χ0) is 20.8. The lowest BCUT2D eigenvalue weighted by atomic mass is 10.2. The fourth-order valence-corrected chi connectivity index (χ4v) is 3.58. The summed E-state index contributed by atoms with van der Waals surface area (Å²) in [6.45, 7) is 8.48. The van der Waals surface area contributed by atoms with E-state index in [-0.39, 0.29) is 6.10 Å². The van der Waals surface area contributed by atoms with Gasteiger partial charge in [0, 0.05) is 38.6 Å². The molecule has 3 rings (SSSR count). The molecule has 2 N–H and O–H groups in total. The molecule has 0 aliphatic carbocycles. The van der Waals surface area contributed by atoms with E-state index in [1.165, 1.54) is 0 Å². The Kier molecular flexibility index (Phi) is 7.64. The van der Waals surface area contributed by atoms with Gasteiger partial charge in [-0.1, -0.05) is 29.3 Å². The molecule has 1 saturated heterocycles. The molecule has 1 fully saturated rings. The molecule has 0 bridgehead atoms. The van der Waals surface area contributed by atoms with E-state index in [0.29, 0.717) is 23.3 Å². The van der Waals surface area contributed by atoms with Crippen LogP contribution >= 0.6 is 23.2 Å². The summed E-state index contributed by atoms with van der Waals surface area (Å²) >= 11 is 12.2. The van der Waals surface area contributed by atoms with E-state index < -0.39 is 0 Å². The van der Waals surface area contributed by atoms with Crippen LogP contribution in [0.1, 0.15) is 25.1 Å². The Hall–Kier alpha value is -1.96. The van der Waals surface area contributed by atoms with Gasteiger partial charge in [0.05, 0.1) is 30.8 Å². The third kappa shape index (κ3) is 5.78. The summed E-state index contributed by atoms with van der Waals surface area (Å²) in [7, 11) is 1.89. The molecule has 1 aliphatic heterocycles. The van der Waals surface area contributed by atoms with E-state index >= 15 is 0 Å². The predicted octanol–water partition coefficient (Wildman–Crippen LogP) is 3.21. The molecule has 1 unspecified atom stereocenters. The van der Waals surface area contributed by atoms with Crippen molar-refractivity contribution in [1.29, 1.82) is 0 Å². The van der Waals surface area contributed by atoms with Crippen LogP contribution in [0.25, 0.3) is 0 Å². The molecule has 0 aromatic carbocycles. The molecule has 158 valence electrons. The number of pyridine rings is 1. The highest BCUT2D eigenvalue weighted by atomic mass is 35.5. The third-order valence-electron chi connectivity index (χ3n) is 4.79. The molecular formula is C20H28Cl2N6O. The number of nitrogens with zero attached hydrogens (tertiary/aromatic N) is 4. The highest BCUT2D eigenvalue weighted by molar-refractivity contribution is 6.41. The van der Waals surface area contributed by atoms with Gasteiger partial charge in [0.2, 0.25) is 0 Å². The van der Waals surface area contributed by atoms with Crippen molar-refractivity contribution in [3.05, 3.63) is 45.8 Å². The normalized spacial score (nSPS) is 17.5. The van der Waals surface area contributed by atoms with Crippen molar-refractivity contribution in [2.45, 2.75) is 33.0 Å². The number of nitrogens with one attached hydrogen (secondary N) is 2. The van der Waals surface area contributed by atoms with Gasteiger partial charge < -0.3 is 24.8 Å². The number of hydrogen-bond acceptors (Lipinski definition) is 4. The molecule has 0 saturated carbocycles. The van der Waals surface area contributed by atoms with Crippen LogP contribution < -0.4 is 15.5 Å². The van der Waals surface area contributed by atoms with Gasteiger partial charge in [-0.15, -0.1) is 0 Å². The van der Waals surface area contributed by atoms with Gasteiger partial charge in [-0.25, -0.2) is 9.98 Å². The first kappa shape index (κ1) is 21.7. The quantitative estimate of drug-likeness (QED) is 0.535.